The highest BCUT2D eigenvalue weighted by Gasteiger charge is 2.08. The normalized spacial score (nSPS) is 10.8. The predicted octanol–water partition coefficient (Wildman–Crippen LogP) is 5.24. The number of rotatable bonds is 2. The summed E-state index contributed by atoms with van der Waals surface area (Å²) < 4.78 is 1.08. The lowest BCUT2D eigenvalue weighted by molar-refractivity contribution is 1.19. The number of aromatic nitrogens is 1. The van der Waals surface area contributed by atoms with Crippen LogP contribution in [0.25, 0.3) is 10.9 Å². The van der Waals surface area contributed by atoms with Gasteiger partial charge in [0.05, 0.1) is 5.52 Å². The van der Waals surface area contributed by atoms with E-state index >= 15 is 0 Å². The van der Waals surface area contributed by atoms with Crippen molar-refractivity contribution in [2.45, 2.75) is 6.42 Å². The van der Waals surface area contributed by atoms with E-state index in [1.807, 2.05) is 36.5 Å². The van der Waals surface area contributed by atoms with Crippen molar-refractivity contribution in [2.75, 3.05) is 0 Å². The van der Waals surface area contributed by atoms with Crippen LogP contribution in [0, 0.1) is 0 Å². The van der Waals surface area contributed by atoms with Gasteiger partial charge in [-0.1, -0.05) is 51.8 Å². The highest BCUT2D eigenvalue weighted by Crippen LogP contribution is 2.27. The molecule has 19 heavy (non-hydrogen) atoms. The Morgan fingerprint density at radius 3 is 2.58 bits per heavy atom. The van der Waals surface area contributed by atoms with Crippen molar-refractivity contribution in [2.24, 2.45) is 0 Å². The first-order valence-electron chi connectivity index (χ1n) is 6.00. The molecule has 0 N–H and O–H groups in total. The fraction of sp³-hybridized carbons (Fsp3) is 0.0625. The number of benzene rings is 2. The van der Waals surface area contributed by atoms with Gasteiger partial charge in [0.2, 0.25) is 0 Å². The molecular formula is C16H11BrClN. The summed E-state index contributed by atoms with van der Waals surface area (Å²) in [5.74, 6) is 0. The molecule has 3 heteroatoms. The molecule has 0 bridgehead atoms. The van der Waals surface area contributed by atoms with Gasteiger partial charge >= 0.3 is 0 Å². The molecule has 0 fully saturated rings. The zero-order valence-corrected chi connectivity index (χ0v) is 12.4. The van der Waals surface area contributed by atoms with Gasteiger partial charge in [-0.05, 0) is 29.8 Å². The van der Waals surface area contributed by atoms with Crippen LogP contribution < -0.4 is 0 Å². The Labute approximate surface area is 125 Å². The zero-order chi connectivity index (χ0) is 13.2. The maximum absolute atomic E-state index is 6.34. The standard InChI is InChI=1S/C16H11BrClN/c17-13-6-3-11(4-7-13)10-14-15(18)8-5-12-2-1-9-19-16(12)14/h1-9H,10H2. The van der Waals surface area contributed by atoms with Gasteiger partial charge in [-0.25, -0.2) is 0 Å². The summed E-state index contributed by atoms with van der Waals surface area (Å²) in [5.41, 5.74) is 3.29. The number of fused-ring (bicyclic) bond motifs is 1. The van der Waals surface area contributed by atoms with Gasteiger partial charge < -0.3 is 0 Å². The summed E-state index contributed by atoms with van der Waals surface area (Å²) in [6.45, 7) is 0. The molecule has 2 aromatic carbocycles. The molecule has 0 aliphatic rings. The van der Waals surface area contributed by atoms with Crippen LogP contribution >= 0.6 is 27.5 Å². The van der Waals surface area contributed by atoms with E-state index in [0.29, 0.717) is 0 Å². The van der Waals surface area contributed by atoms with E-state index in [-0.39, 0.29) is 0 Å². The van der Waals surface area contributed by atoms with Crippen LogP contribution in [-0.4, -0.2) is 4.98 Å². The van der Waals surface area contributed by atoms with Crippen LogP contribution in [0.3, 0.4) is 0 Å². The average Bonchev–Trinajstić information content (AvgIpc) is 2.44. The van der Waals surface area contributed by atoms with Crippen molar-refractivity contribution in [1.29, 1.82) is 0 Å². The van der Waals surface area contributed by atoms with Crippen molar-refractivity contribution >= 4 is 38.4 Å². The topological polar surface area (TPSA) is 12.9 Å². The largest absolute Gasteiger partial charge is 0.256 e. The lowest BCUT2D eigenvalue weighted by atomic mass is 10.0. The Bertz CT molecular complexity index is 722. The highest BCUT2D eigenvalue weighted by molar-refractivity contribution is 9.10. The smallest absolute Gasteiger partial charge is 0.0752 e. The maximum atomic E-state index is 6.34. The molecule has 1 aromatic heterocycles. The minimum Gasteiger partial charge on any atom is -0.256 e. The summed E-state index contributed by atoms with van der Waals surface area (Å²) >= 11 is 9.78. The van der Waals surface area contributed by atoms with Gasteiger partial charge in [0.15, 0.2) is 0 Å². The minimum atomic E-state index is 0.772. The SMILES string of the molecule is Clc1ccc2cccnc2c1Cc1ccc(Br)cc1. The number of nitrogens with zero attached hydrogens (tertiary/aromatic N) is 1. The Kier molecular flexibility index (Phi) is 3.54. The summed E-state index contributed by atoms with van der Waals surface area (Å²) in [4.78, 5) is 4.46. The molecule has 0 unspecified atom stereocenters. The Morgan fingerprint density at radius 1 is 1.00 bits per heavy atom. The molecule has 1 heterocycles. The van der Waals surface area contributed by atoms with E-state index in [4.69, 9.17) is 11.6 Å². The van der Waals surface area contributed by atoms with Crippen molar-refractivity contribution in [3.8, 4) is 0 Å². The van der Waals surface area contributed by atoms with Crippen molar-refractivity contribution < 1.29 is 0 Å². The third-order valence-electron chi connectivity index (χ3n) is 3.12. The summed E-state index contributed by atoms with van der Waals surface area (Å²) in [6.07, 6.45) is 2.60. The van der Waals surface area contributed by atoms with E-state index in [1.165, 1.54) is 5.56 Å². The molecule has 0 saturated carbocycles. The second-order valence-corrected chi connectivity index (χ2v) is 5.73. The molecule has 0 aliphatic heterocycles. The fourth-order valence-corrected chi connectivity index (χ4v) is 2.64. The van der Waals surface area contributed by atoms with E-state index in [0.717, 1.165) is 32.4 Å². The van der Waals surface area contributed by atoms with Gasteiger partial charge in [0.25, 0.3) is 0 Å². The Hall–Kier alpha value is -1.38. The molecule has 3 rings (SSSR count). The second-order valence-electron chi connectivity index (χ2n) is 4.40. The lowest BCUT2D eigenvalue weighted by Crippen LogP contribution is -1.93. The van der Waals surface area contributed by atoms with Crippen molar-refractivity contribution in [3.63, 3.8) is 0 Å². The van der Waals surface area contributed by atoms with Gasteiger partial charge in [-0.2, -0.15) is 0 Å². The first-order chi connectivity index (χ1) is 9.24. The fourth-order valence-electron chi connectivity index (χ4n) is 2.16. The van der Waals surface area contributed by atoms with Gasteiger partial charge in [0.1, 0.15) is 0 Å². The van der Waals surface area contributed by atoms with Crippen molar-refractivity contribution in [1.82, 2.24) is 4.98 Å². The first kappa shape index (κ1) is 12.6. The molecule has 0 radical (unpaired) electrons. The predicted molar refractivity (Wildman–Crippen MR) is 83.7 cm³/mol. The molecule has 0 saturated heterocycles. The Morgan fingerprint density at radius 2 is 1.79 bits per heavy atom. The number of hydrogen-bond acceptors (Lipinski definition) is 1. The third-order valence-corrected chi connectivity index (χ3v) is 4.00. The maximum Gasteiger partial charge on any atom is 0.0752 e. The zero-order valence-electron chi connectivity index (χ0n) is 10.1. The van der Waals surface area contributed by atoms with Crippen molar-refractivity contribution in [3.05, 3.63) is 75.4 Å². The van der Waals surface area contributed by atoms with Crippen LogP contribution in [0.1, 0.15) is 11.1 Å². The van der Waals surface area contributed by atoms with E-state index in [1.54, 1.807) is 0 Å². The minimum absolute atomic E-state index is 0.772. The summed E-state index contributed by atoms with van der Waals surface area (Å²) in [7, 11) is 0. The molecule has 0 amide bonds. The molecular weight excluding hydrogens is 322 g/mol. The number of halogens is 2. The van der Waals surface area contributed by atoms with Crippen LogP contribution in [0.5, 0.6) is 0 Å². The van der Waals surface area contributed by atoms with Crippen LogP contribution in [0.15, 0.2) is 59.2 Å². The highest BCUT2D eigenvalue weighted by atomic mass is 79.9. The van der Waals surface area contributed by atoms with Crippen LogP contribution in [0.4, 0.5) is 0 Å². The van der Waals surface area contributed by atoms with E-state index < -0.39 is 0 Å². The van der Waals surface area contributed by atoms with Crippen LogP contribution in [0.2, 0.25) is 5.02 Å². The molecule has 0 atom stereocenters. The first-order valence-corrected chi connectivity index (χ1v) is 7.18. The molecule has 0 aliphatic carbocycles. The number of hydrogen-bond donors (Lipinski definition) is 0. The lowest BCUT2D eigenvalue weighted by Gasteiger charge is -2.08. The second kappa shape index (κ2) is 5.32. The van der Waals surface area contributed by atoms with E-state index in [2.05, 4.69) is 39.1 Å². The molecule has 94 valence electrons. The molecule has 3 aromatic rings. The van der Waals surface area contributed by atoms with E-state index in [9.17, 15) is 0 Å². The monoisotopic (exact) mass is 331 g/mol. The van der Waals surface area contributed by atoms with Gasteiger partial charge in [-0.3, -0.25) is 4.98 Å². The summed E-state index contributed by atoms with van der Waals surface area (Å²) in [5, 5.41) is 1.90. The Balaban J connectivity index is 2.09. The van der Waals surface area contributed by atoms with Gasteiger partial charge in [-0.15, -0.1) is 0 Å². The van der Waals surface area contributed by atoms with Crippen LogP contribution in [-0.2, 0) is 6.42 Å². The summed E-state index contributed by atoms with van der Waals surface area (Å²) in [6, 6.07) is 16.2. The molecule has 0 spiro atoms. The average molecular weight is 333 g/mol. The molecule has 1 nitrogen and oxygen atoms in total. The quantitative estimate of drug-likeness (QED) is 0.625. The number of pyridine rings is 1. The van der Waals surface area contributed by atoms with Gasteiger partial charge in [0, 0.05) is 33.1 Å². The third kappa shape index (κ3) is 2.65.